The number of methoxy groups -OCH3 is 1. The molecular weight excluding hydrogens is 294 g/mol. The largest absolute Gasteiger partial charge is 0.496 e. The lowest BCUT2D eigenvalue weighted by molar-refractivity contribution is 0.412. The van der Waals surface area contributed by atoms with Crippen LogP contribution in [-0.4, -0.2) is 23.2 Å². The minimum atomic E-state index is 0.675. The molecule has 0 saturated carbocycles. The van der Waals surface area contributed by atoms with Crippen LogP contribution in [-0.2, 0) is 0 Å². The SMILES string of the molecule is C=CCNc1nccn1-c1ccc(OC)c(Br)c1. The Bertz CT molecular complexity index is 551. The number of benzene rings is 1. The molecule has 0 spiro atoms. The van der Waals surface area contributed by atoms with E-state index in [0.29, 0.717) is 6.54 Å². The number of ether oxygens (including phenoxy) is 1. The monoisotopic (exact) mass is 307 g/mol. The van der Waals surface area contributed by atoms with E-state index in [1.54, 1.807) is 19.4 Å². The van der Waals surface area contributed by atoms with Gasteiger partial charge < -0.3 is 10.1 Å². The second-order valence-corrected chi connectivity index (χ2v) is 4.46. The standard InChI is InChI=1S/C13H14BrN3O/c1-3-6-15-13-16-7-8-17(13)10-4-5-12(18-2)11(14)9-10/h3-5,7-9H,1,6H2,2H3,(H,15,16). The smallest absolute Gasteiger partial charge is 0.207 e. The Hall–Kier alpha value is -1.75. The molecule has 18 heavy (non-hydrogen) atoms. The quantitative estimate of drug-likeness (QED) is 0.862. The predicted molar refractivity (Wildman–Crippen MR) is 76.5 cm³/mol. The van der Waals surface area contributed by atoms with Gasteiger partial charge in [-0.1, -0.05) is 6.08 Å². The van der Waals surface area contributed by atoms with E-state index in [1.807, 2.05) is 29.0 Å². The highest BCUT2D eigenvalue weighted by Gasteiger charge is 2.06. The number of aromatic nitrogens is 2. The summed E-state index contributed by atoms with van der Waals surface area (Å²) in [6, 6.07) is 5.88. The van der Waals surface area contributed by atoms with Gasteiger partial charge in [0.1, 0.15) is 5.75 Å². The number of hydrogen-bond donors (Lipinski definition) is 1. The highest BCUT2D eigenvalue weighted by molar-refractivity contribution is 9.10. The molecule has 0 radical (unpaired) electrons. The summed E-state index contributed by atoms with van der Waals surface area (Å²) < 4.78 is 8.09. The maximum atomic E-state index is 5.21. The van der Waals surface area contributed by atoms with Crippen LogP contribution in [0.3, 0.4) is 0 Å². The van der Waals surface area contributed by atoms with Crippen LogP contribution in [0.25, 0.3) is 5.69 Å². The number of anilines is 1. The Morgan fingerprint density at radius 3 is 3.06 bits per heavy atom. The minimum Gasteiger partial charge on any atom is -0.496 e. The van der Waals surface area contributed by atoms with Gasteiger partial charge >= 0.3 is 0 Å². The number of rotatable bonds is 5. The molecule has 0 unspecified atom stereocenters. The van der Waals surface area contributed by atoms with Gasteiger partial charge in [-0.15, -0.1) is 6.58 Å². The van der Waals surface area contributed by atoms with Crippen LogP contribution in [0.4, 0.5) is 5.95 Å². The molecule has 4 nitrogen and oxygen atoms in total. The molecule has 2 aromatic rings. The lowest BCUT2D eigenvalue weighted by atomic mass is 10.3. The van der Waals surface area contributed by atoms with Crippen LogP contribution in [0, 0.1) is 0 Å². The predicted octanol–water partition coefficient (Wildman–Crippen LogP) is 3.24. The van der Waals surface area contributed by atoms with E-state index < -0.39 is 0 Å². The Morgan fingerprint density at radius 1 is 1.56 bits per heavy atom. The molecule has 0 aliphatic carbocycles. The van der Waals surface area contributed by atoms with Crippen LogP contribution < -0.4 is 10.1 Å². The third-order valence-electron chi connectivity index (χ3n) is 2.46. The summed E-state index contributed by atoms with van der Waals surface area (Å²) in [6.45, 7) is 4.35. The third kappa shape index (κ3) is 2.56. The Kier molecular flexibility index (Phi) is 4.04. The van der Waals surface area contributed by atoms with Crippen molar-refractivity contribution in [3.63, 3.8) is 0 Å². The Balaban J connectivity index is 2.33. The fourth-order valence-electron chi connectivity index (χ4n) is 1.61. The third-order valence-corrected chi connectivity index (χ3v) is 3.08. The summed E-state index contributed by atoms with van der Waals surface area (Å²) in [7, 11) is 1.65. The van der Waals surface area contributed by atoms with Crippen molar-refractivity contribution in [2.24, 2.45) is 0 Å². The highest BCUT2D eigenvalue weighted by atomic mass is 79.9. The van der Waals surface area contributed by atoms with Crippen LogP contribution >= 0.6 is 15.9 Å². The zero-order valence-electron chi connectivity index (χ0n) is 10.1. The number of nitrogens with zero attached hydrogens (tertiary/aromatic N) is 2. The van der Waals surface area contributed by atoms with Gasteiger partial charge in [-0.05, 0) is 34.1 Å². The summed E-state index contributed by atoms with van der Waals surface area (Å²) in [5.41, 5.74) is 1.01. The molecular formula is C13H14BrN3O. The summed E-state index contributed by atoms with van der Waals surface area (Å²) in [6.07, 6.45) is 5.45. The van der Waals surface area contributed by atoms with Gasteiger partial charge in [0.05, 0.1) is 11.6 Å². The maximum absolute atomic E-state index is 5.21. The van der Waals surface area contributed by atoms with E-state index in [-0.39, 0.29) is 0 Å². The molecule has 0 aliphatic heterocycles. The molecule has 0 fully saturated rings. The number of nitrogens with one attached hydrogen (secondary N) is 1. The lowest BCUT2D eigenvalue weighted by Gasteiger charge is -2.10. The van der Waals surface area contributed by atoms with Crippen molar-refractivity contribution in [2.75, 3.05) is 19.0 Å². The Labute approximate surface area is 114 Å². The summed E-state index contributed by atoms with van der Waals surface area (Å²) in [4.78, 5) is 4.26. The molecule has 1 aromatic carbocycles. The van der Waals surface area contributed by atoms with Gasteiger partial charge in [-0.3, -0.25) is 4.57 Å². The first-order valence-electron chi connectivity index (χ1n) is 5.48. The first kappa shape index (κ1) is 12.7. The van der Waals surface area contributed by atoms with Crippen LogP contribution in [0.15, 0.2) is 47.7 Å². The van der Waals surface area contributed by atoms with E-state index in [9.17, 15) is 0 Å². The summed E-state index contributed by atoms with van der Waals surface area (Å²) in [5, 5.41) is 3.18. The fraction of sp³-hybridized carbons (Fsp3) is 0.154. The molecule has 0 saturated heterocycles. The van der Waals surface area contributed by atoms with Gasteiger partial charge in [0.25, 0.3) is 0 Å². The maximum Gasteiger partial charge on any atom is 0.207 e. The molecule has 1 N–H and O–H groups in total. The van der Waals surface area contributed by atoms with Gasteiger partial charge in [0.2, 0.25) is 5.95 Å². The zero-order chi connectivity index (χ0) is 13.0. The van der Waals surface area contributed by atoms with E-state index in [2.05, 4.69) is 32.8 Å². The molecule has 1 aromatic heterocycles. The Morgan fingerprint density at radius 2 is 2.39 bits per heavy atom. The van der Waals surface area contributed by atoms with Gasteiger partial charge in [0.15, 0.2) is 0 Å². The van der Waals surface area contributed by atoms with Crippen LogP contribution in [0.5, 0.6) is 5.75 Å². The fourth-order valence-corrected chi connectivity index (χ4v) is 2.14. The second kappa shape index (κ2) is 5.73. The van der Waals surface area contributed by atoms with E-state index >= 15 is 0 Å². The molecule has 5 heteroatoms. The molecule has 1 heterocycles. The van der Waals surface area contributed by atoms with Crippen LogP contribution in [0.1, 0.15) is 0 Å². The van der Waals surface area contributed by atoms with Gasteiger partial charge in [0, 0.05) is 24.6 Å². The summed E-state index contributed by atoms with van der Waals surface area (Å²) in [5.74, 6) is 1.59. The van der Waals surface area contributed by atoms with Gasteiger partial charge in [-0.25, -0.2) is 4.98 Å². The molecule has 2 rings (SSSR count). The van der Waals surface area contributed by atoms with Crippen molar-refractivity contribution in [2.45, 2.75) is 0 Å². The van der Waals surface area contributed by atoms with Crippen molar-refractivity contribution in [3.05, 3.63) is 47.7 Å². The number of hydrogen-bond acceptors (Lipinski definition) is 3. The van der Waals surface area contributed by atoms with E-state index in [0.717, 1.165) is 21.9 Å². The normalized spacial score (nSPS) is 10.1. The van der Waals surface area contributed by atoms with Gasteiger partial charge in [-0.2, -0.15) is 0 Å². The average molecular weight is 308 g/mol. The first-order valence-corrected chi connectivity index (χ1v) is 6.27. The minimum absolute atomic E-state index is 0.675. The number of halogens is 1. The van der Waals surface area contributed by atoms with Crippen LogP contribution in [0.2, 0.25) is 0 Å². The lowest BCUT2D eigenvalue weighted by Crippen LogP contribution is -2.05. The molecule has 94 valence electrons. The highest BCUT2D eigenvalue weighted by Crippen LogP contribution is 2.28. The van der Waals surface area contributed by atoms with E-state index in [4.69, 9.17) is 4.74 Å². The van der Waals surface area contributed by atoms with Crippen molar-refractivity contribution >= 4 is 21.9 Å². The van der Waals surface area contributed by atoms with Crippen molar-refractivity contribution in [1.29, 1.82) is 0 Å². The van der Waals surface area contributed by atoms with Crippen molar-refractivity contribution in [3.8, 4) is 11.4 Å². The first-order chi connectivity index (χ1) is 8.76. The molecule has 0 aliphatic rings. The average Bonchev–Trinajstić information content (AvgIpc) is 2.84. The molecule has 0 atom stereocenters. The van der Waals surface area contributed by atoms with Crippen molar-refractivity contribution < 1.29 is 4.74 Å². The zero-order valence-corrected chi connectivity index (χ0v) is 11.6. The van der Waals surface area contributed by atoms with E-state index in [1.165, 1.54) is 0 Å². The summed E-state index contributed by atoms with van der Waals surface area (Å²) >= 11 is 3.47. The molecule has 0 bridgehead atoms. The topological polar surface area (TPSA) is 39.1 Å². The molecule has 0 amide bonds. The second-order valence-electron chi connectivity index (χ2n) is 3.61. The van der Waals surface area contributed by atoms with Crippen molar-refractivity contribution in [1.82, 2.24) is 9.55 Å². The number of imidazole rings is 1.